The van der Waals surface area contributed by atoms with Crippen molar-refractivity contribution in [2.45, 2.75) is 0 Å². The first-order valence-corrected chi connectivity index (χ1v) is 5.39. The highest BCUT2D eigenvalue weighted by molar-refractivity contribution is 5.98. The average Bonchev–Trinajstić information content (AvgIpc) is 2.30. The van der Waals surface area contributed by atoms with Crippen molar-refractivity contribution in [2.24, 2.45) is 5.73 Å². The van der Waals surface area contributed by atoms with E-state index in [0.717, 1.165) is 24.3 Å². The molecule has 0 fully saturated rings. The molecule has 1 amide bonds. The second-order valence-corrected chi connectivity index (χ2v) is 3.94. The van der Waals surface area contributed by atoms with Gasteiger partial charge in [0.15, 0.2) is 11.6 Å². The summed E-state index contributed by atoms with van der Waals surface area (Å²) in [6.45, 7) is 0. The van der Waals surface area contributed by atoms with Gasteiger partial charge in [0, 0.05) is 30.0 Å². The molecule has 104 valence electrons. The Labute approximate surface area is 111 Å². The van der Waals surface area contributed by atoms with E-state index in [1.165, 1.54) is 0 Å². The predicted octanol–water partition coefficient (Wildman–Crippen LogP) is 2.58. The van der Waals surface area contributed by atoms with Crippen molar-refractivity contribution in [3.63, 3.8) is 0 Å². The highest BCUT2D eigenvalue weighted by Gasteiger charge is 2.14. The van der Waals surface area contributed by atoms with Crippen LogP contribution in [-0.4, -0.2) is 5.91 Å². The van der Waals surface area contributed by atoms with E-state index in [2.05, 4.69) is 0 Å². The Bertz CT molecular complexity index is 669. The number of carbonyl (C=O) groups is 1. The summed E-state index contributed by atoms with van der Waals surface area (Å²) in [5, 5.41) is 0. The van der Waals surface area contributed by atoms with Gasteiger partial charge in [0.05, 0.1) is 5.56 Å². The van der Waals surface area contributed by atoms with Crippen LogP contribution in [0.1, 0.15) is 10.4 Å². The molecule has 0 heterocycles. The standard InChI is InChI=1S/C13H9F3N2O2/c14-6-1-7(15)3-8(2-6)20-12-4-9(13(18)19)11(17)5-10(12)16/h1-5H,17H2,(H2,18,19). The molecule has 0 saturated heterocycles. The number of amides is 1. The van der Waals surface area contributed by atoms with E-state index >= 15 is 0 Å². The minimum Gasteiger partial charge on any atom is -0.454 e. The van der Waals surface area contributed by atoms with Crippen LogP contribution in [0, 0.1) is 17.5 Å². The SMILES string of the molecule is NC(=O)c1cc(Oc2cc(F)cc(F)c2)c(F)cc1N. The molecule has 4 N–H and O–H groups in total. The van der Waals surface area contributed by atoms with Gasteiger partial charge >= 0.3 is 0 Å². The van der Waals surface area contributed by atoms with Gasteiger partial charge < -0.3 is 16.2 Å². The molecule has 20 heavy (non-hydrogen) atoms. The Hall–Kier alpha value is -2.70. The molecule has 2 aromatic carbocycles. The minimum absolute atomic E-state index is 0.154. The van der Waals surface area contributed by atoms with Crippen LogP contribution in [0.15, 0.2) is 30.3 Å². The lowest BCUT2D eigenvalue weighted by molar-refractivity contribution is 0.100. The number of benzene rings is 2. The molecule has 0 aliphatic heterocycles. The highest BCUT2D eigenvalue weighted by atomic mass is 19.1. The largest absolute Gasteiger partial charge is 0.454 e. The molecule has 0 aliphatic rings. The van der Waals surface area contributed by atoms with E-state index in [1.54, 1.807) is 0 Å². The summed E-state index contributed by atoms with van der Waals surface area (Å²) >= 11 is 0. The van der Waals surface area contributed by atoms with E-state index in [9.17, 15) is 18.0 Å². The van der Waals surface area contributed by atoms with Crippen LogP contribution in [0.5, 0.6) is 11.5 Å². The van der Waals surface area contributed by atoms with Gasteiger partial charge in [-0.2, -0.15) is 0 Å². The Morgan fingerprint density at radius 2 is 1.60 bits per heavy atom. The molecular weight excluding hydrogens is 273 g/mol. The van der Waals surface area contributed by atoms with E-state index < -0.39 is 29.1 Å². The number of rotatable bonds is 3. The molecule has 0 spiro atoms. The molecular formula is C13H9F3N2O2. The Morgan fingerprint density at radius 3 is 2.15 bits per heavy atom. The van der Waals surface area contributed by atoms with Crippen LogP contribution >= 0.6 is 0 Å². The van der Waals surface area contributed by atoms with Gasteiger partial charge in [-0.05, 0) is 6.07 Å². The van der Waals surface area contributed by atoms with Crippen molar-refractivity contribution in [1.29, 1.82) is 0 Å². The van der Waals surface area contributed by atoms with E-state index in [0.29, 0.717) is 6.07 Å². The lowest BCUT2D eigenvalue weighted by Crippen LogP contribution is -2.14. The number of nitrogen functional groups attached to an aromatic ring is 1. The maximum absolute atomic E-state index is 13.6. The van der Waals surface area contributed by atoms with Crippen LogP contribution < -0.4 is 16.2 Å². The maximum Gasteiger partial charge on any atom is 0.250 e. The molecule has 0 aromatic heterocycles. The van der Waals surface area contributed by atoms with Crippen LogP contribution in [0.3, 0.4) is 0 Å². The van der Waals surface area contributed by atoms with Gasteiger partial charge in [-0.25, -0.2) is 13.2 Å². The van der Waals surface area contributed by atoms with Crippen LogP contribution in [-0.2, 0) is 0 Å². The predicted molar refractivity (Wildman–Crippen MR) is 65.8 cm³/mol. The molecule has 0 atom stereocenters. The third-order valence-electron chi connectivity index (χ3n) is 2.43. The van der Waals surface area contributed by atoms with Crippen LogP contribution in [0.2, 0.25) is 0 Å². The van der Waals surface area contributed by atoms with Crippen LogP contribution in [0.4, 0.5) is 18.9 Å². The number of primary amides is 1. The highest BCUT2D eigenvalue weighted by Crippen LogP contribution is 2.29. The quantitative estimate of drug-likeness (QED) is 0.849. The number of anilines is 1. The fourth-order valence-corrected chi connectivity index (χ4v) is 1.57. The molecule has 0 aliphatic carbocycles. The summed E-state index contributed by atoms with van der Waals surface area (Å²) in [6, 6.07) is 4.17. The van der Waals surface area contributed by atoms with Gasteiger partial charge in [0.2, 0.25) is 0 Å². The maximum atomic E-state index is 13.6. The van der Waals surface area contributed by atoms with Crippen molar-refractivity contribution in [3.8, 4) is 11.5 Å². The smallest absolute Gasteiger partial charge is 0.250 e. The molecule has 7 heteroatoms. The summed E-state index contributed by atoms with van der Waals surface area (Å²) in [4.78, 5) is 11.1. The van der Waals surface area contributed by atoms with Crippen molar-refractivity contribution < 1.29 is 22.7 Å². The zero-order valence-corrected chi connectivity index (χ0v) is 9.99. The zero-order chi connectivity index (χ0) is 14.9. The van der Waals surface area contributed by atoms with Gasteiger partial charge in [-0.15, -0.1) is 0 Å². The molecule has 0 radical (unpaired) electrons. The summed E-state index contributed by atoms with van der Waals surface area (Å²) in [5.41, 5.74) is 10.2. The molecule has 4 nitrogen and oxygen atoms in total. The fraction of sp³-hybridized carbons (Fsp3) is 0. The molecule has 2 aromatic rings. The van der Waals surface area contributed by atoms with E-state index in [-0.39, 0.29) is 17.0 Å². The molecule has 2 rings (SSSR count). The second kappa shape index (κ2) is 5.12. The monoisotopic (exact) mass is 282 g/mol. The van der Waals surface area contributed by atoms with Gasteiger partial charge in [0.25, 0.3) is 5.91 Å². The first kappa shape index (κ1) is 13.7. The number of hydrogen-bond donors (Lipinski definition) is 2. The Kier molecular flexibility index (Phi) is 3.51. The van der Waals surface area contributed by atoms with Crippen molar-refractivity contribution in [1.82, 2.24) is 0 Å². The van der Waals surface area contributed by atoms with Crippen molar-refractivity contribution in [3.05, 3.63) is 53.3 Å². The lowest BCUT2D eigenvalue weighted by atomic mass is 10.1. The first-order valence-electron chi connectivity index (χ1n) is 5.39. The summed E-state index contributed by atoms with van der Waals surface area (Å²) in [6.07, 6.45) is 0. The van der Waals surface area contributed by atoms with Gasteiger partial charge in [0.1, 0.15) is 17.4 Å². The first-order chi connectivity index (χ1) is 9.36. The van der Waals surface area contributed by atoms with Crippen LogP contribution in [0.25, 0.3) is 0 Å². The normalized spacial score (nSPS) is 10.3. The Balaban J connectivity index is 2.42. The van der Waals surface area contributed by atoms with Gasteiger partial charge in [-0.1, -0.05) is 0 Å². The summed E-state index contributed by atoms with van der Waals surface area (Å²) < 4.78 is 44.6. The van der Waals surface area contributed by atoms with Crippen molar-refractivity contribution in [2.75, 3.05) is 5.73 Å². The summed E-state index contributed by atoms with van der Waals surface area (Å²) in [5.74, 6) is -4.22. The number of halogens is 3. The topological polar surface area (TPSA) is 78.3 Å². The third-order valence-corrected chi connectivity index (χ3v) is 2.43. The number of hydrogen-bond acceptors (Lipinski definition) is 3. The summed E-state index contributed by atoms with van der Waals surface area (Å²) in [7, 11) is 0. The minimum atomic E-state index is -0.892. The average molecular weight is 282 g/mol. The van der Waals surface area contributed by atoms with E-state index in [4.69, 9.17) is 16.2 Å². The molecule has 0 unspecified atom stereocenters. The van der Waals surface area contributed by atoms with Crippen molar-refractivity contribution >= 4 is 11.6 Å². The number of ether oxygens (including phenoxy) is 1. The second-order valence-electron chi connectivity index (χ2n) is 3.94. The van der Waals surface area contributed by atoms with Gasteiger partial charge in [-0.3, -0.25) is 4.79 Å². The lowest BCUT2D eigenvalue weighted by Gasteiger charge is -2.10. The zero-order valence-electron chi connectivity index (χ0n) is 9.99. The Morgan fingerprint density at radius 1 is 1.00 bits per heavy atom. The van der Waals surface area contributed by atoms with E-state index in [1.807, 2.05) is 0 Å². The molecule has 0 bridgehead atoms. The number of nitrogens with two attached hydrogens (primary N) is 2. The fourth-order valence-electron chi connectivity index (χ4n) is 1.57. The number of carbonyl (C=O) groups excluding carboxylic acids is 1. The third kappa shape index (κ3) is 2.82. The molecule has 0 saturated carbocycles.